The molecular weight excluding hydrogens is 223 g/mol. The first-order valence-corrected chi connectivity index (χ1v) is 7.15. The lowest BCUT2D eigenvalue weighted by atomic mass is 10.2. The first kappa shape index (κ1) is 11.8. The van der Waals surface area contributed by atoms with Gasteiger partial charge in [-0.05, 0) is 25.0 Å². The highest BCUT2D eigenvalue weighted by Crippen LogP contribution is 2.26. The summed E-state index contributed by atoms with van der Waals surface area (Å²) in [5.74, 6) is -0.329. The minimum atomic E-state index is -1.17. The summed E-state index contributed by atoms with van der Waals surface area (Å²) in [4.78, 5) is 0.384. The summed E-state index contributed by atoms with van der Waals surface area (Å²) in [5, 5.41) is 0.152. The minimum absolute atomic E-state index is 0.152. The zero-order chi connectivity index (χ0) is 11.4. The van der Waals surface area contributed by atoms with Crippen LogP contribution in [0.15, 0.2) is 29.2 Å². The van der Waals surface area contributed by atoms with E-state index >= 15 is 0 Å². The van der Waals surface area contributed by atoms with E-state index in [-0.39, 0.29) is 11.1 Å². The van der Waals surface area contributed by atoms with Gasteiger partial charge in [0.15, 0.2) is 0 Å². The van der Waals surface area contributed by atoms with Crippen LogP contribution in [-0.4, -0.2) is 9.46 Å². The van der Waals surface area contributed by atoms with Crippen LogP contribution in [0.2, 0.25) is 0 Å². The molecule has 1 fully saturated rings. The summed E-state index contributed by atoms with van der Waals surface area (Å²) in [5.41, 5.74) is 0. The van der Waals surface area contributed by atoms with Gasteiger partial charge in [-0.2, -0.15) is 0 Å². The SMILES string of the molecule is O=S(c1ccccc1F)C1CCCCCC1. The maximum Gasteiger partial charge on any atom is 0.139 e. The van der Waals surface area contributed by atoms with Crippen LogP contribution in [0.5, 0.6) is 0 Å². The fraction of sp³-hybridized carbons (Fsp3) is 0.538. The Bertz CT molecular complexity index is 370. The second kappa shape index (κ2) is 5.58. The molecule has 1 aromatic carbocycles. The molecule has 1 aromatic rings. The Balaban J connectivity index is 2.14. The van der Waals surface area contributed by atoms with Crippen LogP contribution in [0.1, 0.15) is 38.5 Å². The molecule has 0 N–H and O–H groups in total. The molecule has 1 saturated carbocycles. The summed E-state index contributed by atoms with van der Waals surface area (Å²) < 4.78 is 25.7. The van der Waals surface area contributed by atoms with Gasteiger partial charge in [0.05, 0.1) is 15.7 Å². The molecule has 0 aliphatic heterocycles. The monoisotopic (exact) mass is 240 g/mol. The van der Waals surface area contributed by atoms with Crippen molar-refractivity contribution in [1.29, 1.82) is 0 Å². The lowest BCUT2D eigenvalue weighted by Gasteiger charge is -2.13. The van der Waals surface area contributed by atoms with Gasteiger partial charge < -0.3 is 0 Å². The Labute approximate surface area is 98.5 Å². The molecular formula is C13H17FOS. The lowest BCUT2D eigenvalue weighted by molar-refractivity contribution is 0.588. The van der Waals surface area contributed by atoms with Crippen molar-refractivity contribution in [2.24, 2.45) is 0 Å². The van der Waals surface area contributed by atoms with E-state index in [2.05, 4.69) is 0 Å². The van der Waals surface area contributed by atoms with Crippen molar-refractivity contribution < 1.29 is 8.60 Å². The molecule has 0 saturated heterocycles. The van der Waals surface area contributed by atoms with Gasteiger partial charge in [0.1, 0.15) is 5.82 Å². The molecule has 1 aliphatic rings. The van der Waals surface area contributed by atoms with Crippen LogP contribution in [0, 0.1) is 5.82 Å². The normalized spacial score (nSPS) is 20.3. The average molecular weight is 240 g/mol. The molecule has 1 atom stereocenters. The maximum absolute atomic E-state index is 13.5. The van der Waals surface area contributed by atoms with Gasteiger partial charge in [-0.15, -0.1) is 0 Å². The van der Waals surface area contributed by atoms with Crippen LogP contribution in [0.25, 0.3) is 0 Å². The number of rotatable bonds is 2. The van der Waals surface area contributed by atoms with Gasteiger partial charge in [0.2, 0.25) is 0 Å². The fourth-order valence-electron chi connectivity index (χ4n) is 2.24. The number of halogens is 1. The highest BCUT2D eigenvalue weighted by Gasteiger charge is 2.21. The smallest absolute Gasteiger partial charge is 0.139 e. The van der Waals surface area contributed by atoms with Crippen LogP contribution in [0.4, 0.5) is 4.39 Å². The Morgan fingerprint density at radius 1 is 1.06 bits per heavy atom. The van der Waals surface area contributed by atoms with E-state index in [1.165, 1.54) is 18.9 Å². The third-order valence-corrected chi connectivity index (χ3v) is 5.00. The highest BCUT2D eigenvalue weighted by molar-refractivity contribution is 7.85. The average Bonchev–Trinajstić information content (AvgIpc) is 2.57. The van der Waals surface area contributed by atoms with Gasteiger partial charge in [0, 0.05) is 5.25 Å². The summed E-state index contributed by atoms with van der Waals surface area (Å²) in [7, 11) is -1.17. The molecule has 1 nitrogen and oxygen atoms in total. The molecule has 3 heteroatoms. The third kappa shape index (κ3) is 2.70. The Morgan fingerprint density at radius 3 is 2.31 bits per heavy atom. The van der Waals surface area contributed by atoms with E-state index in [4.69, 9.17) is 0 Å². The molecule has 16 heavy (non-hydrogen) atoms. The summed E-state index contributed by atoms with van der Waals surface area (Å²) in [6, 6.07) is 6.44. The van der Waals surface area contributed by atoms with Crippen molar-refractivity contribution in [3.8, 4) is 0 Å². The summed E-state index contributed by atoms with van der Waals surface area (Å²) in [6.07, 6.45) is 6.66. The molecule has 0 amide bonds. The van der Waals surface area contributed by atoms with Gasteiger partial charge in [-0.3, -0.25) is 4.21 Å². The Morgan fingerprint density at radius 2 is 1.69 bits per heavy atom. The van der Waals surface area contributed by atoms with Crippen LogP contribution in [0.3, 0.4) is 0 Å². The molecule has 88 valence electrons. The van der Waals surface area contributed by atoms with Gasteiger partial charge in [0.25, 0.3) is 0 Å². The molecule has 1 aliphatic carbocycles. The molecule has 0 bridgehead atoms. The zero-order valence-electron chi connectivity index (χ0n) is 9.32. The van der Waals surface area contributed by atoms with Crippen LogP contribution >= 0.6 is 0 Å². The Kier molecular flexibility index (Phi) is 4.10. The summed E-state index contributed by atoms with van der Waals surface area (Å²) in [6.45, 7) is 0. The second-order valence-corrected chi connectivity index (χ2v) is 6.04. The van der Waals surface area contributed by atoms with E-state index in [0.29, 0.717) is 4.90 Å². The molecule has 0 aromatic heterocycles. The van der Waals surface area contributed by atoms with E-state index in [0.717, 1.165) is 25.7 Å². The Hall–Kier alpha value is -0.700. The molecule has 0 spiro atoms. The van der Waals surface area contributed by atoms with Crippen molar-refractivity contribution in [3.63, 3.8) is 0 Å². The van der Waals surface area contributed by atoms with Gasteiger partial charge in [-0.25, -0.2) is 4.39 Å². The molecule has 0 radical (unpaired) electrons. The molecule has 0 heterocycles. The van der Waals surface area contributed by atoms with Gasteiger partial charge in [-0.1, -0.05) is 37.8 Å². The first-order valence-electron chi connectivity index (χ1n) is 5.94. The standard InChI is InChI=1S/C13H17FOS/c14-12-9-5-6-10-13(12)16(15)11-7-3-1-2-4-8-11/h5-6,9-11H,1-4,7-8H2. The minimum Gasteiger partial charge on any atom is -0.254 e. The third-order valence-electron chi connectivity index (χ3n) is 3.16. The van der Waals surface area contributed by atoms with Crippen LogP contribution in [-0.2, 0) is 10.8 Å². The molecule has 2 rings (SSSR count). The van der Waals surface area contributed by atoms with Crippen molar-refractivity contribution in [3.05, 3.63) is 30.1 Å². The highest BCUT2D eigenvalue weighted by atomic mass is 32.2. The maximum atomic E-state index is 13.5. The lowest BCUT2D eigenvalue weighted by Crippen LogP contribution is -2.15. The largest absolute Gasteiger partial charge is 0.254 e. The number of benzene rings is 1. The van der Waals surface area contributed by atoms with Crippen molar-refractivity contribution in [2.45, 2.75) is 48.7 Å². The quantitative estimate of drug-likeness (QED) is 0.721. The molecule has 1 unspecified atom stereocenters. The van der Waals surface area contributed by atoms with E-state index in [9.17, 15) is 8.60 Å². The number of hydrogen-bond donors (Lipinski definition) is 0. The topological polar surface area (TPSA) is 17.1 Å². The van der Waals surface area contributed by atoms with Crippen LogP contribution < -0.4 is 0 Å². The van der Waals surface area contributed by atoms with Crippen molar-refractivity contribution in [1.82, 2.24) is 0 Å². The van der Waals surface area contributed by atoms with E-state index < -0.39 is 10.8 Å². The first-order chi connectivity index (χ1) is 7.79. The number of hydrogen-bond acceptors (Lipinski definition) is 1. The summed E-state index contributed by atoms with van der Waals surface area (Å²) >= 11 is 0. The van der Waals surface area contributed by atoms with E-state index in [1.807, 2.05) is 0 Å². The predicted octanol–water partition coefficient (Wildman–Crippen LogP) is 3.66. The van der Waals surface area contributed by atoms with Crippen molar-refractivity contribution in [2.75, 3.05) is 0 Å². The second-order valence-electron chi connectivity index (χ2n) is 4.34. The predicted molar refractivity (Wildman–Crippen MR) is 64.3 cm³/mol. The fourth-order valence-corrected chi connectivity index (χ4v) is 3.84. The van der Waals surface area contributed by atoms with Gasteiger partial charge >= 0.3 is 0 Å². The van der Waals surface area contributed by atoms with Crippen molar-refractivity contribution >= 4 is 10.8 Å². The zero-order valence-corrected chi connectivity index (χ0v) is 10.1. The van der Waals surface area contributed by atoms with E-state index in [1.54, 1.807) is 18.2 Å².